The lowest BCUT2D eigenvalue weighted by Crippen LogP contribution is -2.36. The Labute approximate surface area is 321 Å². The largest absolute Gasteiger partial charge is 0.346 e. The summed E-state index contributed by atoms with van der Waals surface area (Å²) in [4.78, 5) is 18.8. The maximum absolute atomic E-state index is 15.6. The van der Waals surface area contributed by atoms with E-state index < -0.39 is 75.7 Å². The van der Waals surface area contributed by atoms with E-state index in [-0.39, 0.29) is 57.5 Å². The number of nitrogens with zero attached hydrogens (tertiary/aromatic N) is 5. The molecule has 5 aromatic rings. The summed E-state index contributed by atoms with van der Waals surface area (Å²) in [6, 6.07) is 8.01. The predicted octanol–water partition coefficient (Wildman–Crippen LogP) is 7.53. The van der Waals surface area contributed by atoms with Crippen LogP contribution in [-0.4, -0.2) is 45.1 Å². The number of anilines is 1. The van der Waals surface area contributed by atoms with Crippen molar-refractivity contribution in [2.24, 2.45) is 18.9 Å². The van der Waals surface area contributed by atoms with E-state index >= 15 is 8.78 Å². The van der Waals surface area contributed by atoms with E-state index in [4.69, 9.17) is 16.6 Å². The minimum Gasteiger partial charge on any atom is -0.346 e. The highest BCUT2D eigenvalue weighted by Crippen LogP contribution is 2.63. The van der Waals surface area contributed by atoms with Crippen LogP contribution >= 0.6 is 11.6 Å². The van der Waals surface area contributed by atoms with Gasteiger partial charge in [-0.15, -0.1) is 0 Å². The fourth-order valence-electron chi connectivity index (χ4n) is 7.78. The van der Waals surface area contributed by atoms with Crippen molar-refractivity contribution in [3.63, 3.8) is 0 Å². The maximum Gasteiger partial charge on any atom is 0.293 e. The molecule has 292 valence electrons. The zero-order chi connectivity index (χ0) is 39.8. The van der Waals surface area contributed by atoms with E-state index in [1.54, 1.807) is 25.2 Å². The molecule has 0 saturated heterocycles. The van der Waals surface area contributed by atoms with Crippen molar-refractivity contribution in [2.45, 2.75) is 63.0 Å². The summed E-state index contributed by atoms with van der Waals surface area (Å²) >= 11 is 6.60. The van der Waals surface area contributed by atoms with Gasteiger partial charge < -0.3 is 5.32 Å². The lowest BCUT2D eigenvalue weighted by atomic mass is 9.73. The molecular weight excluding hydrogens is 784 g/mol. The molecule has 0 radical (unpaired) electrons. The van der Waals surface area contributed by atoms with Gasteiger partial charge in [0.25, 0.3) is 12.3 Å². The van der Waals surface area contributed by atoms with Crippen LogP contribution in [0.5, 0.6) is 0 Å². The number of aromatic nitrogens is 5. The van der Waals surface area contributed by atoms with Crippen LogP contribution in [0, 0.1) is 35.3 Å². The van der Waals surface area contributed by atoms with Gasteiger partial charge in [-0.05, 0) is 79.8 Å². The van der Waals surface area contributed by atoms with Gasteiger partial charge in [0.2, 0.25) is 15.9 Å². The Hall–Kier alpha value is -5.08. The fourth-order valence-corrected chi connectivity index (χ4v) is 8.52. The summed E-state index contributed by atoms with van der Waals surface area (Å²) in [5.41, 5.74) is -0.0855. The molecule has 0 aliphatic heterocycles. The van der Waals surface area contributed by atoms with Crippen LogP contribution in [0.2, 0.25) is 5.02 Å². The third kappa shape index (κ3) is 6.97. The molecule has 2 aromatic carbocycles. The highest BCUT2D eigenvalue weighted by Gasteiger charge is 2.62. The number of halogens is 7. The molecule has 1 amide bonds. The van der Waals surface area contributed by atoms with Crippen molar-refractivity contribution < 1.29 is 39.6 Å². The first-order valence-electron chi connectivity index (χ1n) is 17.7. The number of hydrogen-bond acceptors (Lipinski definition) is 6. The van der Waals surface area contributed by atoms with E-state index in [9.17, 15) is 30.8 Å². The van der Waals surface area contributed by atoms with Crippen molar-refractivity contribution >= 4 is 44.3 Å². The number of sulfonamides is 1. The zero-order valence-electron chi connectivity index (χ0n) is 29.7. The van der Waals surface area contributed by atoms with Crippen LogP contribution in [0.1, 0.15) is 78.0 Å². The normalized spacial score (nSPS) is 18.9. The second-order valence-corrected chi connectivity index (χ2v) is 16.6. The number of amides is 1. The van der Waals surface area contributed by atoms with Gasteiger partial charge >= 0.3 is 0 Å². The van der Waals surface area contributed by atoms with Crippen molar-refractivity contribution in [3.05, 3.63) is 93.0 Å². The monoisotopic (exact) mass is 815 g/mol. The highest BCUT2D eigenvalue weighted by molar-refractivity contribution is 7.92. The predicted molar refractivity (Wildman–Crippen MR) is 195 cm³/mol. The summed E-state index contributed by atoms with van der Waals surface area (Å²) in [6.45, 7) is -0.873. The first-order valence-corrected chi connectivity index (χ1v) is 19.9. The number of aryl methyl sites for hydroxylation is 1. The van der Waals surface area contributed by atoms with E-state index in [2.05, 4.69) is 32.1 Å². The molecule has 3 aliphatic rings. The lowest BCUT2D eigenvalue weighted by Gasteiger charge is -2.34. The second-order valence-electron chi connectivity index (χ2n) is 14.5. The fraction of sp³-hybridized carbons (Fsp3) is 0.368. The average Bonchev–Trinajstić information content (AvgIpc) is 3.72. The van der Waals surface area contributed by atoms with Gasteiger partial charge in [-0.2, -0.15) is 19.0 Å². The first-order chi connectivity index (χ1) is 26.5. The Bertz CT molecular complexity index is 2590. The molecule has 0 bridgehead atoms. The molecule has 56 heavy (non-hydrogen) atoms. The molecule has 2 fully saturated rings. The number of fused-ring (bicyclic) bond motifs is 4. The standard InChI is InChI=1S/C38H32ClF6N7O3S/c1-51-34-24(10-12-27(39)31(34)37(49-51)50-56(2,54)55)23-8-7-22(6-5-18-3-4-18)46-32(23)28(15-19-13-20(40)16-21(41)14-19)47-29(53)17-52-35-30(33(48-52)36(42)43)25-9-11-26(25)38(35,44)45/h7-8,10,12-14,16,18,25-26,28,36H,3-4,9,11,15,17H2,1-2H3,(H,47,53)(H,49,50)/t25-,26+,28-/m0/s1. The smallest absolute Gasteiger partial charge is 0.293 e. The molecule has 3 aliphatic carbocycles. The quantitative estimate of drug-likeness (QED) is 0.111. The SMILES string of the molecule is Cn1nc(NS(C)(=O)=O)c2c(Cl)ccc(-c3ccc(C#CC4CC4)nc3[C@H](Cc3cc(F)cc(F)c3)NC(=O)Cn3nc(C(F)F)c4c3C(F)(F)[C@@H]3CC[C@H]43)c21. The molecule has 3 aromatic heterocycles. The molecular formula is C38H32ClF6N7O3S. The number of pyridine rings is 1. The van der Waals surface area contributed by atoms with E-state index in [1.165, 1.54) is 10.7 Å². The van der Waals surface area contributed by atoms with Crippen LogP contribution in [0.15, 0.2) is 42.5 Å². The Morgan fingerprint density at radius 1 is 1.02 bits per heavy atom. The van der Waals surface area contributed by atoms with Gasteiger partial charge in [-0.3, -0.25) is 18.9 Å². The molecule has 0 spiro atoms. The number of carbonyl (C=O) groups is 1. The van der Waals surface area contributed by atoms with Crippen LogP contribution in [0.25, 0.3) is 22.0 Å². The van der Waals surface area contributed by atoms with Crippen LogP contribution in [0.3, 0.4) is 0 Å². The molecule has 2 saturated carbocycles. The number of rotatable bonds is 10. The first kappa shape index (κ1) is 37.8. The zero-order valence-corrected chi connectivity index (χ0v) is 31.3. The molecule has 3 heterocycles. The molecule has 0 unspecified atom stereocenters. The Morgan fingerprint density at radius 3 is 2.38 bits per heavy atom. The van der Waals surface area contributed by atoms with Gasteiger partial charge in [0.15, 0.2) is 5.82 Å². The summed E-state index contributed by atoms with van der Waals surface area (Å²) < 4.78 is 118. The Morgan fingerprint density at radius 2 is 1.73 bits per heavy atom. The molecule has 2 N–H and O–H groups in total. The van der Waals surface area contributed by atoms with Gasteiger partial charge in [0, 0.05) is 41.6 Å². The van der Waals surface area contributed by atoms with E-state index in [0.717, 1.165) is 31.2 Å². The van der Waals surface area contributed by atoms with Crippen LogP contribution < -0.4 is 10.0 Å². The maximum atomic E-state index is 15.6. The minimum atomic E-state index is -3.80. The number of carbonyl (C=O) groups excluding carboxylic acids is 1. The molecule has 18 heteroatoms. The van der Waals surface area contributed by atoms with Crippen molar-refractivity contribution in [1.29, 1.82) is 0 Å². The Balaban J connectivity index is 1.26. The summed E-state index contributed by atoms with van der Waals surface area (Å²) in [5, 5.41) is 11.3. The van der Waals surface area contributed by atoms with E-state index in [1.807, 2.05) is 0 Å². The van der Waals surface area contributed by atoms with Gasteiger partial charge in [0.1, 0.15) is 35.3 Å². The van der Waals surface area contributed by atoms with E-state index in [0.29, 0.717) is 33.8 Å². The number of alkyl halides is 4. The number of benzene rings is 2. The van der Waals surface area contributed by atoms with Gasteiger partial charge in [-0.1, -0.05) is 23.6 Å². The molecule has 3 atom stereocenters. The second kappa shape index (κ2) is 13.8. The topological polar surface area (TPSA) is 124 Å². The average molecular weight is 816 g/mol. The number of hydrogen-bond donors (Lipinski definition) is 2. The third-order valence-electron chi connectivity index (χ3n) is 10.4. The highest BCUT2D eigenvalue weighted by atomic mass is 35.5. The minimum absolute atomic E-state index is 0.0569. The summed E-state index contributed by atoms with van der Waals surface area (Å²) in [7, 11) is -2.24. The van der Waals surface area contributed by atoms with Crippen LogP contribution in [-0.2, 0) is 40.8 Å². The van der Waals surface area contributed by atoms with Gasteiger partial charge in [-0.25, -0.2) is 31.0 Å². The van der Waals surface area contributed by atoms with Crippen LogP contribution in [0.4, 0.5) is 32.2 Å². The number of nitrogens with one attached hydrogen (secondary N) is 2. The van der Waals surface area contributed by atoms with Crippen molar-refractivity contribution in [1.82, 2.24) is 29.9 Å². The molecule has 8 rings (SSSR count). The molecule has 10 nitrogen and oxygen atoms in total. The third-order valence-corrected chi connectivity index (χ3v) is 11.3. The van der Waals surface area contributed by atoms with Crippen molar-refractivity contribution in [2.75, 3.05) is 11.0 Å². The van der Waals surface area contributed by atoms with Crippen molar-refractivity contribution in [3.8, 4) is 23.0 Å². The lowest BCUT2D eigenvalue weighted by molar-refractivity contribution is -0.123. The Kier molecular flexibility index (Phi) is 9.35. The summed E-state index contributed by atoms with van der Waals surface area (Å²) in [5.74, 6) is -1.89. The summed E-state index contributed by atoms with van der Waals surface area (Å²) in [6.07, 6.45) is -0.202. The van der Waals surface area contributed by atoms with Gasteiger partial charge in [0.05, 0.1) is 33.9 Å².